The van der Waals surface area contributed by atoms with Crippen LogP contribution in [0.5, 0.6) is 0 Å². The van der Waals surface area contributed by atoms with Crippen molar-refractivity contribution < 1.29 is 18.1 Å². The quantitative estimate of drug-likeness (QED) is 0.692. The molecule has 8 heteroatoms. The van der Waals surface area contributed by atoms with E-state index < -0.39 is 17.5 Å². The molecule has 5 nitrogen and oxygen atoms in total. The van der Waals surface area contributed by atoms with Crippen molar-refractivity contribution in [2.75, 3.05) is 13.1 Å². The molecular weight excluding hydrogens is 360 g/mol. The van der Waals surface area contributed by atoms with Crippen molar-refractivity contribution in [1.82, 2.24) is 15.0 Å². The lowest BCUT2D eigenvalue weighted by molar-refractivity contribution is 0.0691. The zero-order chi connectivity index (χ0) is 18.1. The van der Waals surface area contributed by atoms with Crippen molar-refractivity contribution in [2.45, 2.75) is 18.8 Å². The van der Waals surface area contributed by atoms with Crippen molar-refractivity contribution >= 4 is 17.2 Å². The molecule has 3 aromatic rings. The number of hydrogen-bond donors (Lipinski definition) is 0. The third kappa shape index (κ3) is 3.24. The minimum absolute atomic E-state index is 0.0996. The number of hydrogen-bond acceptors (Lipinski definition) is 5. The molecule has 1 unspecified atom stereocenters. The summed E-state index contributed by atoms with van der Waals surface area (Å²) in [5, 5.41) is 5.94. The summed E-state index contributed by atoms with van der Waals surface area (Å²) in [5.41, 5.74) is -0.128. The predicted octanol–water partition coefficient (Wildman–Crippen LogP) is 4.10. The van der Waals surface area contributed by atoms with Crippen LogP contribution in [0.4, 0.5) is 8.78 Å². The molecule has 26 heavy (non-hydrogen) atoms. The van der Waals surface area contributed by atoms with Gasteiger partial charge in [0.2, 0.25) is 11.7 Å². The van der Waals surface area contributed by atoms with Gasteiger partial charge < -0.3 is 9.42 Å². The molecule has 1 aliphatic rings. The van der Waals surface area contributed by atoms with Crippen LogP contribution in [0.15, 0.2) is 40.2 Å². The van der Waals surface area contributed by atoms with Crippen molar-refractivity contribution in [3.05, 3.63) is 58.8 Å². The molecule has 0 radical (unpaired) electrons. The lowest BCUT2D eigenvalue weighted by atomic mass is 9.97. The van der Waals surface area contributed by atoms with E-state index in [1.807, 2.05) is 17.5 Å². The fourth-order valence-corrected chi connectivity index (χ4v) is 3.75. The largest absolute Gasteiger partial charge is 0.339 e. The van der Waals surface area contributed by atoms with Gasteiger partial charge in [0, 0.05) is 19.2 Å². The molecule has 0 spiro atoms. The normalized spacial score (nSPS) is 17.5. The van der Waals surface area contributed by atoms with Crippen LogP contribution in [0, 0.1) is 11.6 Å². The topological polar surface area (TPSA) is 59.2 Å². The zero-order valence-electron chi connectivity index (χ0n) is 13.7. The summed E-state index contributed by atoms with van der Waals surface area (Å²) in [4.78, 5) is 19.5. The number of carbonyl (C=O) groups excluding carboxylic acids is 1. The lowest BCUT2D eigenvalue weighted by Gasteiger charge is -2.31. The van der Waals surface area contributed by atoms with Crippen LogP contribution in [0.25, 0.3) is 10.7 Å². The standard InChI is InChI=1S/C18H15F2N3O2S/c19-12-5-6-13(14(20)9-12)18(24)23-7-1-3-11(10-23)17-21-16(22-25-17)15-4-2-8-26-15/h2,4-6,8-9,11H,1,3,7,10H2. The highest BCUT2D eigenvalue weighted by molar-refractivity contribution is 7.13. The number of likely N-dealkylation sites (tertiary alicyclic amines) is 1. The highest BCUT2D eigenvalue weighted by Crippen LogP contribution is 2.29. The van der Waals surface area contributed by atoms with Crippen LogP contribution in [-0.4, -0.2) is 34.0 Å². The summed E-state index contributed by atoms with van der Waals surface area (Å²) in [6.45, 7) is 0.875. The maximum atomic E-state index is 13.9. The maximum absolute atomic E-state index is 13.9. The number of carbonyl (C=O) groups is 1. The molecule has 1 atom stereocenters. The summed E-state index contributed by atoms with van der Waals surface area (Å²) in [7, 11) is 0. The van der Waals surface area contributed by atoms with Gasteiger partial charge in [-0.2, -0.15) is 4.98 Å². The number of thiophene rings is 1. The van der Waals surface area contributed by atoms with Crippen molar-refractivity contribution in [1.29, 1.82) is 0 Å². The fraction of sp³-hybridized carbons (Fsp3) is 0.278. The van der Waals surface area contributed by atoms with Crippen molar-refractivity contribution in [3.8, 4) is 10.7 Å². The highest BCUT2D eigenvalue weighted by Gasteiger charge is 2.30. The molecule has 134 valence electrons. The smallest absolute Gasteiger partial charge is 0.256 e. The van der Waals surface area contributed by atoms with Crippen LogP contribution in [0.3, 0.4) is 0 Å². The van der Waals surface area contributed by atoms with Gasteiger partial charge in [0.1, 0.15) is 11.6 Å². The average molecular weight is 375 g/mol. The summed E-state index contributed by atoms with van der Waals surface area (Å²) in [5.74, 6) is -1.10. The molecule has 0 aliphatic carbocycles. The highest BCUT2D eigenvalue weighted by atomic mass is 32.1. The maximum Gasteiger partial charge on any atom is 0.256 e. The molecule has 0 N–H and O–H groups in total. The van der Waals surface area contributed by atoms with Gasteiger partial charge in [-0.1, -0.05) is 11.2 Å². The van der Waals surface area contributed by atoms with E-state index in [0.717, 1.165) is 29.9 Å². The average Bonchev–Trinajstić information content (AvgIpc) is 3.33. The predicted molar refractivity (Wildman–Crippen MR) is 91.8 cm³/mol. The Labute approximate surface area is 152 Å². The molecule has 1 fully saturated rings. The van der Waals surface area contributed by atoms with Crippen LogP contribution in [0.2, 0.25) is 0 Å². The number of benzene rings is 1. The van der Waals surface area contributed by atoms with Gasteiger partial charge in [0.15, 0.2) is 0 Å². The van der Waals surface area contributed by atoms with E-state index in [-0.39, 0.29) is 11.5 Å². The van der Waals surface area contributed by atoms with Gasteiger partial charge in [-0.3, -0.25) is 4.79 Å². The molecule has 1 aliphatic heterocycles. The van der Waals surface area contributed by atoms with Crippen LogP contribution in [-0.2, 0) is 0 Å². The van der Waals surface area contributed by atoms with E-state index in [4.69, 9.17) is 4.52 Å². The molecule has 3 heterocycles. The Morgan fingerprint density at radius 1 is 1.31 bits per heavy atom. The Kier molecular flexibility index (Phi) is 4.50. The minimum Gasteiger partial charge on any atom is -0.339 e. The van der Waals surface area contributed by atoms with Gasteiger partial charge in [0.05, 0.1) is 16.4 Å². The SMILES string of the molecule is O=C(c1ccc(F)cc1F)N1CCCC(c2nc(-c3cccs3)no2)C1. The van der Waals surface area contributed by atoms with Gasteiger partial charge in [-0.05, 0) is 36.4 Å². The second-order valence-electron chi connectivity index (χ2n) is 6.15. The second kappa shape index (κ2) is 6.95. The molecule has 0 saturated carbocycles. The number of piperidine rings is 1. The molecule has 1 amide bonds. The first-order chi connectivity index (χ1) is 12.6. The molecule has 0 bridgehead atoms. The van der Waals surface area contributed by atoms with E-state index in [1.165, 1.54) is 17.4 Å². The first-order valence-electron chi connectivity index (χ1n) is 8.23. The Morgan fingerprint density at radius 2 is 2.19 bits per heavy atom. The van der Waals surface area contributed by atoms with Crippen LogP contribution >= 0.6 is 11.3 Å². The number of halogens is 2. The van der Waals surface area contributed by atoms with Crippen LogP contribution in [0.1, 0.15) is 35.0 Å². The second-order valence-corrected chi connectivity index (χ2v) is 7.10. The number of aromatic nitrogens is 2. The third-order valence-corrected chi connectivity index (χ3v) is 5.27. The number of rotatable bonds is 3. The lowest BCUT2D eigenvalue weighted by Crippen LogP contribution is -2.39. The van der Waals surface area contributed by atoms with E-state index in [2.05, 4.69) is 10.1 Å². The van der Waals surface area contributed by atoms with Gasteiger partial charge >= 0.3 is 0 Å². The number of nitrogens with zero attached hydrogens (tertiary/aromatic N) is 3. The van der Waals surface area contributed by atoms with Crippen molar-refractivity contribution in [3.63, 3.8) is 0 Å². The zero-order valence-corrected chi connectivity index (χ0v) is 14.5. The van der Waals surface area contributed by atoms with E-state index in [1.54, 1.807) is 4.90 Å². The monoisotopic (exact) mass is 375 g/mol. The molecule has 4 rings (SSSR count). The Bertz CT molecular complexity index is 926. The van der Waals surface area contributed by atoms with E-state index >= 15 is 0 Å². The summed E-state index contributed by atoms with van der Waals surface area (Å²) >= 11 is 1.52. The molecular formula is C18H15F2N3O2S. The number of amides is 1. The Hall–Kier alpha value is -2.61. The molecule has 1 saturated heterocycles. The van der Waals surface area contributed by atoms with Crippen molar-refractivity contribution in [2.24, 2.45) is 0 Å². The van der Waals surface area contributed by atoms with E-state index in [9.17, 15) is 13.6 Å². The van der Waals surface area contributed by atoms with Gasteiger partial charge in [-0.15, -0.1) is 11.3 Å². The van der Waals surface area contributed by atoms with Crippen LogP contribution < -0.4 is 0 Å². The molecule has 2 aromatic heterocycles. The Morgan fingerprint density at radius 3 is 2.96 bits per heavy atom. The molecule has 1 aromatic carbocycles. The van der Waals surface area contributed by atoms with Gasteiger partial charge in [-0.25, -0.2) is 8.78 Å². The van der Waals surface area contributed by atoms with E-state index in [0.29, 0.717) is 24.8 Å². The summed E-state index contributed by atoms with van der Waals surface area (Å²) < 4.78 is 32.4. The third-order valence-electron chi connectivity index (χ3n) is 4.40. The summed E-state index contributed by atoms with van der Waals surface area (Å²) in [6.07, 6.45) is 1.55. The Balaban J connectivity index is 1.51. The first-order valence-corrected chi connectivity index (χ1v) is 9.11. The summed E-state index contributed by atoms with van der Waals surface area (Å²) in [6, 6.07) is 6.81. The minimum atomic E-state index is -0.852. The first kappa shape index (κ1) is 16.8. The fourth-order valence-electron chi connectivity index (χ4n) is 3.10. The van der Waals surface area contributed by atoms with Gasteiger partial charge in [0.25, 0.3) is 5.91 Å².